The summed E-state index contributed by atoms with van der Waals surface area (Å²) in [6, 6.07) is -0.119. The van der Waals surface area contributed by atoms with Crippen LogP contribution < -0.4 is 5.32 Å². The first kappa shape index (κ1) is 11.8. The van der Waals surface area contributed by atoms with Crippen LogP contribution in [0.2, 0.25) is 0 Å². The molecule has 1 unspecified atom stereocenters. The Hall–Kier alpha value is -0.650. The van der Waals surface area contributed by atoms with E-state index in [2.05, 4.69) is 5.32 Å². The van der Waals surface area contributed by atoms with Crippen LogP contribution in [0.4, 0.5) is 0 Å². The molecule has 1 saturated heterocycles. The van der Waals surface area contributed by atoms with E-state index in [1.54, 1.807) is 0 Å². The summed E-state index contributed by atoms with van der Waals surface area (Å²) < 4.78 is 10.5. The first-order valence-corrected chi connectivity index (χ1v) is 5.95. The highest BCUT2D eigenvalue weighted by molar-refractivity contribution is 5.81. The van der Waals surface area contributed by atoms with Gasteiger partial charge in [-0.2, -0.15) is 0 Å². The largest absolute Gasteiger partial charge is 0.391 e. The molecule has 3 atom stereocenters. The number of aliphatic hydroxyl groups excluding tert-OH is 1. The van der Waals surface area contributed by atoms with Gasteiger partial charge < -0.3 is 19.9 Å². The zero-order chi connectivity index (χ0) is 11.4. The molecule has 5 nitrogen and oxygen atoms in total. The van der Waals surface area contributed by atoms with Crippen molar-refractivity contribution in [1.29, 1.82) is 0 Å². The second kappa shape index (κ2) is 5.61. The summed E-state index contributed by atoms with van der Waals surface area (Å²) in [5.74, 6) is -0.161. The van der Waals surface area contributed by atoms with Crippen molar-refractivity contribution >= 4 is 5.91 Å². The van der Waals surface area contributed by atoms with Crippen LogP contribution in [-0.4, -0.2) is 49.1 Å². The van der Waals surface area contributed by atoms with Crippen molar-refractivity contribution in [1.82, 2.24) is 5.32 Å². The Balaban J connectivity index is 1.80. The molecule has 92 valence electrons. The molecule has 2 aliphatic rings. The highest BCUT2D eigenvalue weighted by atomic mass is 16.6. The lowest BCUT2D eigenvalue weighted by atomic mass is 9.92. The van der Waals surface area contributed by atoms with Crippen LogP contribution >= 0.6 is 0 Å². The highest BCUT2D eigenvalue weighted by Gasteiger charge is 2.29. The Morgan fingerprint density at radius 2 is 2.06 bits per heavy atom. The fourth-order valence-electron chi connectivity index (χ4n) is 2.19. The summed E-state index contributed by atoms with van der Waals surface area (Å²) in [6.45, 7) is 1.33. The Kier molecular flexibility index (Phi) is 4.15. The van der Waals surface area contributed by atoms with Gasteiger partial charge in [0.1, 0.15) is 0 Å². The van der Waals surface area contributed by atoms with E-state index in [1.807, 2.05) is 0 Å². The number of ether oxygens (including phenoxy) is 2. The third-order valence-corrected chi connectivity index (χ3v) is 3.17. The van der Waals surface area contributed by atoms with E-state index in [4.69, 9.17) is 9.47 Å². The molecule has 1 aliphatic carbocycles. The molecule has 0 aromatic carbocycles. The normalized spacial score (nSPS) is 35.7. The summed E-state index contributed by atoms with van der Waals surface area (Å²) in [7, 11) is 0. The van der Waals surface area contributed by atoms with Gasteiger partial charge in [0.25, 0.3) is 5.91 Å². The second-order valence-corrected chi connectivity index (χ2v) is 4.40. The third kappa shape index (κ3) is 2.93. The summed E-state index contributed by atoms with van der Waals surface area (Å²) in [5.41, 5.74) is 0. The van der Waals surface area contributed by atoms with E-state index in [9.17, 15) is 9.90 Å². The first-order chi connectivity index (χ1) is 7.77. The Morgan fingerprint density at radius 3 is 2.75 bits per heavy atom. The van der Waals surface area contributed by atoms with Crippen molar-refractivity contribution < 1.29 is 19.4 Å². The average molecular weight is 229 g/mol. The number of carbonyl (C=O) groups excluding carboxylic acids is 1. The smallest absolute Gasteiger partial charge is 0.251 e. The maximum atomic E-state index is 11.8. The van der Waals surface area contributed by atoms with E-state index in [-0.39, 0.29) is 11.9 Å². The topological polar surface area (TPSA) is 67.8 Å². The van der Waals surface area contributed by atoms with Gasteiger partial charge in [0.2, 0.25) is 0 Å². The molecule has 0 radical (unpaired) electrons. The van der Waals surface area contributed by atoms with Crippen molar-refractivity contribution in [2.45, 2.75) is 43.9 Å². The fourth-order valence-corrected chi connectivity index (χ4v) is 2.19. The minimum absolute atomic E-state index is 0.119. The quantitative estimate of drug-likeness (QED) is 0.689. The zero-order valence-corrected chi connectivity index (χ0v) is 9.35. The second-order valence-electron chi connectivity index (χ2n) is 4.40. The Labute approximate surface area is 95.1 Å². The number of rotatable bonds is 2. The molecular formula is C11H19NO4. The summed E-state index contributed by atoms with van der Waals surface area (Å²) in [5, 5.41) is 12.6. The molecule has 1 heterocycles. The monoisotopic (exact) mass is 229 g/mol. The zero-order valence-electron chi connectivity index (χ0n) is 9.35. The minimum Gasteiger partial charge on any atom is -0.391 e. The molecule has 0 spiro atoms. The highest BCUT2D eigenvalue weighted by Crippen LogP contribution is 2.18. The number of hydrogen-bond acceptors (Lipinski definition) is 4. The predicted octanol–water partition coefficient (Wildman–Crippen LogP) is -0.179. The molecule has 1 aliphatic heterocycles. The lowest BCUT2D eigenvalue weighted by Gasteiger charge is -2.30. The van der Waals surface area contributed by atoms with Gasteiger partial charge >= 0.3 is 0 Å². The van der Waals surface area contributed by atoms with Gasteiger partial charge in [-0.15, -0.1) is 0 Å². The van der Waals surface area contributed by atoms with Crippen LogP contribution in [0.25, 0.3) is 0 Å². The lowest BCUT2D eigenvalue weighted by molar-refractivity contribution is -0.149. The standard InChI is InChI=1S/C11H19NO4/c13-9-4-2-1-3-8(9)12-11(14)10-7-15-5-6-16-10/h8-10,13H,1-7H2,(H,12,14)/t8-,9-,10?/m1/s1. The van der Waals surface area contributed by atoms with Crippen molar-refractivity contribution in [2.24, 2.45) is 0 Å². The van der Waals surface area contributed by atoms with Crippen molar-refractivity contribution in [2.75, 3.05) is 19.8 Å². The maximum Gasteiger partial charge on any atom is 0.251 e. The van der Waals surface area contributed by atoms with Crippen molar-refractivity contribution in [3.8, 4) is 0 Å². The molecule has 16 heavy (non-hydrogen) atoms. The van der Waals surface area contributed by atoms with Gasteiger partial charge in [0.15, 0.2) is 6.10 Å². The van der Waals surface area contributed by atoms with Crippen molar-refractivity contribution in [3.05, 3.63) is 0 Å². The van der Waals surface area contributed by atoms with Crippen molar-refractivity contribution in [3.63, 3.8) is 0 Å². The lowest BCUT2D eigenvalue weighted by Crippen LogP contribution is -2.51. The molecule has 0 bridgehead atoms. The molecule has 2 fully saturated rings. The first-order valence-electron chi connectivity index (χ1n) is 5.95. The van der Waals surface area contributed by atoms with Gasteiger partial charge in [-0.3, -0.25) is 4.79 Å². The Morgan fingerprint density at radius 1 is 1.25 bits per heavy atom. The molecule has 2 N–H and O–H groups in total. The molecule has 5 heteroatoms. The number of amides is 1. The van der Waals surface area contributed by atoms with Gasteiger partial charge in [0.05, 0.1) is 32.0 Å². The number of aliphatic hydroxyl groups is 1. The van der Waals surface area contributed by atoms with Crippen LogP contribution in [0.3, 0.4) is 0 Å². The van der Waals surface area contributed by atoms with E-state index < -0.39 is 12.2 Å². The molecule has 1 saturated carbocycles. The SMILES string of the molecule is O=C(N[C@@H]1CCCC[C@H]1O)C1COCCO1. The van der Waals surface area contributed by atoms with Crippen LogP contribution in [0.5, 0.6) is 0 Å². The van der Waals surface area contributed by atoms with Gasteiger partial charge in [0, 0.05) is 0 Å². The number of nitrogens with one attached hydrogen (secondary N) is 1. The number of hydrogen-bond donors (Lipinski definition) is 2. The molecule has 0 aromatic heterocycles. The summed E-state index contributed by atoms with van der Waals surface area (Å²) in [4.78, 5) is 11.8. The van der Waals surface area contributed by atoms with Gasteiger partial charge in [-0.1, -0.05) is 12.8 Å². The predicted molar refractivity (Wildman–Crippen MR) is 57.0 cm³/mol. The minimum atomic E-state index is -0.511. The molecule has 1 amide bonds. The van der Waals surface area contributed by atoms with E-state index in [1.165, 1.54) is 0 Å². The Bertz CT molecular complexity index is 240. The van der Waals surface area contributed by atoms with E-state index in [0.29, 0.717) is 19.8 Å². The molecular weight excluding hydrogens is 210 g/mol. The van der Waals surface area contributed by atoms with Crippen LogP contribution in [0.1, 0.15) is 25.7 Å². The maximum absolute atomic E-state index is 11.8. The third-order valence-electron chi connectivity index (χ3n) is 3.17. The summed E-state index contributed by atoms with van der Waals surface area (Å²) >= 11 is 0. The number of carbonyl (C=O) groups is 1. The van der Waals surface area contributed by atoms with E-state index >= 15 is 0 Å². The van der Waals surface area contributed by atoms with Gasteiger partial charge in [-0.05, 0) is 12.8 Å². The fraction of sp³-hybridized carbons (Fsp3) is 0.909. The van der Waals surface area contributed by atoms with Crippen LogP contribution in [-0.2, 0) is 14.3 Å². The van der Waals surface area contributed by atoms with Crippen LogP contribution in [0.15, 0.2) is 0 Å². The molecule has 0 aromatic rings. The summed E-state index contributed by atoms with van der Waals surface area (Å²) in [6.07, 6.45) is 2.79. The van der Waals surface area contributed by atoms with Gasteiger partial charge in [-0.25, -0.2) is 0 Å². The van der Waals surface area contributed by atoms with Crippen LogP contribution in [0, 0.1) is 0 Å². The molecule has 2 rings (SSSR count). The van der Waals surface area contributed by atoms with E-state index in [0.717, 1.165) is 25.7 Å². The average Bonchev–Trinajstić information content (AvgIpc) is 2.33.